The van der Waals surface area contributed by atoms with E-state index < -0.39 is 22.2 Å². The minimum absolute atomic E-state index is 0.218. The van der Waals surface area contributed by atoms with E-state index in [1.165, 1.54) is 9.87 Å². The van der Waals surface area contributed by atoms with E-state index in [4.69, 9.17) is 0 Å². The van der Waals surface area contributed by atoms with Crippen molar-refractivity contribution in [1.82, 2.24) is 8.87 Å². The lowest BCUT2D eigenvalue weighted by Gasteiger charge is -2.39. The maximum atomic E-state index is 13.4. The van der Waals surface area contributed by atoms with Crippen LogP contribution in [0.3, 0.4) is 0 Å². The third-order valence-electron chi connectivity index (χ3n) is 5.72. The summed E-state index contributed by atoms with van der Waals surface area (Å²) in [6.45, 7) is 0.373. The quantitative estimate of drug-likeness (QED) is 0.678. The van der Waals surface area contributed by atoms with Crippen LogP contribution in [-0.2, 0) is 29.9 Å². The van der Waals surface area contributed by atoms with E-state index >= 15 is 0 Å². The lowest BCUT2D eigenvalue weighted by atomic mass is 9.97. The molecule has 4 rings (SSSR count). The number of hydrogen-bond acceptors (Lipinski definition) is 3. The van der Waals surface area contributed by atoms with Gasteiger partial charge in [-0.05, 0) is 36.6 Å². The zero-order valence-corrected chi connectivity index (χ0v) is 17.3. The number of rotatable bonds is 6. The molecule has 0 amide bonds. The van der Waals surface area contributed by atoms with E-state index in [0.29, 0.717) is 24.9 Å². The van der Waals surface area contributed by atoms with Crippen molar-refractivity contribution in [3.05, 3.63) is 89.7 Å². The average molecular weight is 411 g/mol. The monoisotopic (exact) mass is 410 g/mol. The van der Waals surface area contributed by atoms with Crippen molar-refractivity contribution in [3.63, 3.8) is 0 Å². The summed E-state index contributed by atoms with van der Waals surface area (Å²) in [5.41, 5.74) is 2.67. The van der Waals surface area contributed by atoms with Crippen molar-refractivity contribution < 1.29 is 13.5 Å². The predicted octanol–water partition coefficient (Wildman–Crippen LogP) is 3.31. The smallest absolute Gasteiger partial charge is 0.243 e. The van der Waals surface area contributed by atoms with Gasteiger partial charge in [0.1, 0.15) is 0 Å². The Kier molecular flexibility index (Phi) is 5.58. The number of aliphatic hydroxyl groups is 1. The molecule has 0 spiro atoms. The number of sulfonamides is 1. The molecule has 5 nitrogen and oxygen atoms in total. The van der Waals surface area contributed by atoms with Gasteiger partial charge in [0.2, 0.25) is 10.0 Å². The van der Waals surface area contributed by atoms with Crippen molar-refractivity contribution >= 4 is 10.0 Å². The second-order valence-corrected chi connectivity index (χ2v) is 9.43. The summed E-state index contributed by atoms with van der Waals surface area (Å²) in [5.74, 6) is 0. The fraction of sp³-hybridized carbons (Fsp3) is 0.304. The number of aromatic nitrogens is 1. The molecule has 0 unspecified atom stereocenters. The van der Waals surface area contributed by atoms with E-state index in [0.717, 1.165) is 12.1 Å². The van der Waals surface area contributed by atoms with E-state index in [1.807, 2.05) is 48.1 Å². The molecule has 0 aliphatic carbocycles. The van der Waals surface area contributed by atoms with Crippen LogP contribution in [0.4, 0.5) is 0 Å². The molecule has 2 atom stereocenters. The first-order chi connectivity index (χ1) is 14.0. The van der Waals surface area contributed by atoms with Crippen LogP contribution in [-0.4, -0.2) is 35.0 Å². The van der Waals surface area contributed by atoms with Gasteiger partial charge in [-0.1, -0.05) is 48.5 Å². The van der Waals surface area contributed by atoms with Gasteiger partial charge in [0.25, 0.3) is 0 Å². The van der Waals surface area contributed by atoms with E-state index in [1.54, 1.807) is 24.3 Å². The van der Waals surface area contributed by atoms with Crippen LogP contribution in [0.15, 0.2) is 77.8 Å². The number of nitrogens with zero attached hydrogens (tertiary/aromatic N) is 2. The summed E-state index contributed by atoms with van der Waals surface area (Å²) in [4.78, 5) is 0.218. The summed E-state index contributed by atoms with van der Waals surface area (Å²) in [7, 11) is -1.73. The molecular formula is C23H26N2O3S. The molecule has 1 N–H and O–H groups in total. The zero-order valence-electron chi connectivity index (χ0n) is 16.5. The molecule has 1 aliphatic heterocycles. The SMILES string of the molecule is Cn1cccc1C[C@@H]1[C@@H](O)c2ccccc2S(=O)(=O)N1CCCc1ccccc1. The highest BCUT2D eigenvalue weighted by Crippen LogP contribution is 2.38. The average Bonchev–Trinajstić information content (AvgIpc) is 3.13. The Hall–Kier alpha value is -2.41. The molecule has 6 heteroatoms. The van der Waals surface area contributed by atoms with Gasteiger partial charge in [-0.25, -0.2) is 8.42 Å². The highest BCUT2D eigenvalue weighted by Gasteiger charge is 2.43. The molecule has 1 aliphatic rings. The summed E-state index contributed by atoms with van der Waals surface area (Å²) < 4.78 is 30.3. The molecule has 29 heavy (non-hydrogen) atoms. The van der Waals surface area contributed by atoms with E-state index in [9.17, 15) is 13.5 Å². The molecule has 0 bridgehead atoms. The minimum atomic E-state index is -3.67. The first kappa shape index (κ1) is 19.9. The number of aryl methyl sites for hydroxylation is 2. The van der Waals surface area contributed by atoms with Crippen LogP contribution in [0, 0.1) is 0 Å². The van der Waals surface area contributed by atoms with Gasteiger partial charge in [-0.15, -0.1) is 0 Å². The van der Waals surface area contributed by atoms with Crippen LogP contribution in [0.5, 0.6) is 0 Å². The molecule has 0 saturated carbocycles. The Bertz CT molecular complexity index is 1080. The highest BCUT2D eigenvalue weighted by molar-refractivity contribution is 7.89. The third kappa shape index (κ3) is 3.88. The fourth-order valence-electron chi connectivity index (χ4n) is 4.14. The number of aliphatic hydroxyl groups excluding tert-OH is 1. The predicted molar refractivity (Wildman–Crippen MR) is 113 cm³/mol. The Morgan fingerprint density at radius 3 is 2.41 bits per heavy atom. The lowest BCUT2D eigenvalue weighted by molar-refractivity contribution is 0.0784. The molecule has 0 saturated heterocycles. The maximum absolute atomic E-state index is 13.4. The topological polar surface area (TPSA) is 62.5 Å². The van der Waals surface area contributed by atoms with Gasteiger partial charge < -0.3 is 9.67 Å². The molecule has 1 aromatic heterocycles. The Balaban J connectivity index is 1.65. The van der Waals surface area contributed by atoms with Crippen molar-refractivity contribution in [2.45, 2.75) is 36.3 Å². The molecule has 2 heterocycles. The molecular weight excluding hydrogens is 384 g/mol. The van der Waals surface area contributed by atoms with Crippen LogP contribution >= 0.6 is 0 Å². The fourth-order valence-corrected chi connectivity index (χ4v) is 6.04. The Morgan fingerprint density at radius 1 is 0.966 bits per heavy atom. The zero-order chi connectivity index (χ0) is 20.4. The van der Waals surface area contributed by atoms with Crippen LogP contribution in [0.1, 0.15) is 29.3 Å². The van der Waals surface area contributed by atoms with Crippen LogP contribution in [0.2, 0.25) is 0 Å². The summed E-state index contributed by atoms with van der Waals surface area (Å²) in [6, 6.07) is 20.2. The Labute approximate surface area is 172 Å². The minimum Gasteiger partial charge on any atom is -0.387 e. The molecule has 0 fully saturated rings. The summed E-state index contributed by atoms with van der Waals surface area (Å²) >= 11 is 0. The molecule has 152 valence electrons. The van der Waals surface area contributed by atoms with Gasteiger partial charge in [0, 0.05) is 37.5 Å². The van der Waals surface area contributed by atoms with Crippen molar-refractivity contribution in [2.75, 3.05) is 6.54 Å². The Morgan fingerprint density at radius 2 is 1.69 bits per heavy atom. The van der Waals surface area contributed by atoms with E-state index in [-0.39, 0.29) is 4.90 Å². The van der Waals surface area contributed by atoms with Crippen molar-refractivity contribution in [1.29, 1.82) is 0 Å². The number of hydrogen-bond donors (Lipinski definition) is 1. The number of fused-ring (bicyclic) bond motifs is 1. The molecule has 3 aromatic rings. The highest BCUT2D eigenvalue weighted by atomic mass is 32.2. The van der Waals surface area contributed by atoms with Gasteiger partial charge in [-0.2, -0.15) is 4.31 Å². The second kappa shape index (κ2) is 8.14. The van der Waals surface area contributed by atoms with Crippen LogP contribution < -0.4 is 0 Å². The first-order valence-corrected chi connectivity index (χ1v) is 11.4. The summed E-state index contributed by atoms with van der Waals surface area (Å²) in [5, 5.41) is 11.1. The summed E-state index contributed by atoms with van der Waals surface area (Å²) in [6.07, 6.45) is 3.03. The first-order valence-electron chi connectivity index (χ1n) is 9.91. The van der Waals surface area contributed by atoms with Gasteiger partial charge >= 0.3 is 0 Å². The van der Waals surface area contributed by atoms with Crippen LogP contribution in [0.25, 0.3) is 0 Å². The van der Waals surface area contributed by atoms with E-state index in [2.05, 4.69) is 12.1 Å². The van der Waals surface area contributed by atoms with Gasteiger partial charge in [0.15, 0.2) is 0 Å². The second-order valence-electron chi connectivity index (χ2n) is 7.57. The van der Waals surface area contributed by atoms with Crippen molar-refractivity contribution in [3.8, 4) is 0 Å². The maximum Gasteiger partial charge on any atom is 0.243 e. The van der Waals surface area contributed by atoms with Crippen molar-refractivity contribution in [2.24, 2.45) is 7.05 Å². The molecule has 2 aromatic carbocycles. The van der Waals surface area contributed by atoms with Gasteiger partial charge in [0.05, 0.1) is 17.0 Å². The standard InChI is InChI=1S/C23H26N2O3S/c1-24-15-8-12-19(24)17-21-23(26)20-13-5-6-14-22(20)29(27,28)25(21)16-7-11-18-9-3-2-4-10-18/h2-6,8-10,12-15,21,23,26H,7,11,16-17H2,1H3/t21-,23+/m1/s1. The van der Waals surface area contributed by atoms with Gasteiger partial charge in [-0.3, -0.25) is 0 Å². The largest absolute Gasteiger partial charge is 0.387 e. The third-order valence-corrected chi connectivity index (χ3v) is 7.71. The molecule has 0 radical (unpaired) electrons. The normalized spacial score (nSPS) is 21.0. The number of benzene rings is 2. The lowest BCUT2D eigenvalue weighted by Crippen LogP contribution is -2.49.